The van der Waals surface area contributed by atoms with Crippen LogP contribution in [-0.2, 0) is 6.67 Å². The average Bonchev–Trinajstić information content (AvgIpc) is 2.28. The molecule has 0 unspecified atom stereocenters. The summed E-state index contributed by atoms with van der Waals surface area (Å²) in [4.78, 5) is 17.8. The van der Waals surface area contributed by atoms with E-state index in [4.69, 9.17) is 11.6 Å². The van der Waals surface area contributed by atoms with E-state index in [2.05, 4.69) is 4.99 Å². The van der Waals surface area contributed by atoms with Crippen molar-refractivity contribution in [3.8, 4) is 0 Å². The van der Waals surface area contributed by atoms with Gasteiger partial charge in [-0.3, -0.25) is 9.36 Å². The first-order valence-electron chi connectivity index (χ1n) is 4.85. The van der Waals surface area contributed by atoms with Gasteiger partial charge in [0, 0.05) is 12.3 Å². The molecule has 80 valence electrons. The summed E-state index contributed by atoms with van der Waals surface area (Å²) in [7, 11) is 0. The molecule has 5 heteroatoms. The quantitative estimate of drug-likeness (QED) is 0.685. The van der Waals surface area contributed by atoms with Crippen LogP contribution in [0.3, 0.4) is 0 Å². The molecule has 0 aliphatic carbocycles. The van der Waals surface area contributed by atoms with E-state index in [1.807, 2.05) is 17.0 Å². The van der Waals surface area contributed by atoms with E-state index >= 15 is 0 Å². The second kappa shape index (κ2) is 3.35. The van der Waals surface area contributed by atoms with Gasteiger partial charge >= 0.3 is 0 Å². The van der Waals surface area contributed by atoms with Gasteiger partial charge in [0.05, 0.1) is 5.03 Å². The summed E-state index contributed by atoms with van der Waals surface area (Å²) in [6.07, 6.45) is 5.39. The van der Waals surface area contributed by atoms with E-state index in [0.29, 0.717) is 17.5 Å². The number of hydrogen-bond acceptors (Lipinski definition) is 3. The molecule has 0 saturated carbocycles. The van der Waals surface area contributed by atoms with Crippen LogP contribution in [0.15, 0.2) is 51.4 Å². The van der Waals surface area contributed by atoms with Crippen molar-refractivity contribution in [3.63, 3.8) is 0 Å². The normalized spacial score (nSPS) is 17.4. The average molecular weight is 234 g/mol. The monoisotopic (exact) mass is 233 g/mol. The number of hydrogen-bond donors (Lipinski definition) is 0. The number of amidine groups is 1. The molecule has 0 amide bonds. The maximum Gasteiger partial charge on any atom is 0.253 e. The molecule has 0 saturated heterocycles. The molecule has 3 rings (SSSR count). The van der Waals surface area contributed by atoms with Gasteiger partial charge in [-0.05, 0) is 18.2 Å². The third kappa shape index (κ3) is 1.39. The lowest BCUT2D eigenvalue weighted by Gasteiger charge is -2.28. The Hall–Kier alpha value is -1.81. The van der Waals surface area contributed by atoms with Crippen LogP contribution in [0.25, 0.3) is 0 Å². The topological polar surface area (TPSA) is 37.6 Å². The van der Waals surface area contributed by atoms with Crippen LogP contribution in [0.5, 0.6) is 0 Å². The van der Waals surface area contributed by atoms with Gasteiger partial charge in [0.15, 0.2) is 0 Å². The van der Waals surface area contributed by atoms with E-state index in [0.717, 1.165) is 5.84 Å². The maximum atomic E-state index is 11.6. The van der Waals surface area contributed by atoms with Crippen LogP contribution < -0.4 is 5.56 Å². The van der Waals surface area contributed by atoms with E-state index < -0.39 is 0 Å². The largest absolute Gasteiger partial charge is 0.313 e. The van der Waals surface area contributed by atoms with Crippen LogP contribution >= 0.6 is 11.6 Å². The van der Waals surface area contributed by atoms with Crippen LogP contribution in [0.1, 0.15) is 0 Å². The van der Waals surface area contributed by atoms with Crippen molar-refractivity contribution < 1.29 is 0 Å². The Labute approximate surface area is 96.8 Å². The molecular weight excluding hydrogens is 226 g/mol. The van der Waals surface area contributed by atoms with E-state index in [1.54, 1.807) is 22.9 Å². The second-order valence-electron chi connectivity index (χ2n) is 3.58. The fourth-order valence-electron chi connectivity index (χ4n) is 1.74. The molecule has 2 aliphatic rings. The summed E-state index contributed by atoms with van der Waals surface area (Å²) in [5, 5.41) is 0.631. The number of fused-ring (bicyclic) bond motifs is 2. The fourth-order valence-corrected chi connectivity index (χ4v) is 1.92. The fraction of sp³-hybridized carbons (Fsp3) is 0.0909. The van der Waals surface area contributed by atoms with Gasteiger partial charge in [-0.25, -0.2) is 4.99 Å². The van der Waals surface area contributed by atoms with Gasteiger partial charge in [-0.2, -0.15) is 0 Å². The van der Waals surface area contributed by atoms with Crippen molar-refractivity contribution in [2.45, 2.75) is 6.67 Å². The van der Waals surface area contributed by atoms with Gasteiger partial charge < -0.3 is 4.90 Å². The lowest BCUT2D eigenvalue weighted by atomic mass is 10.3. The van der Waals surface area contributed by atoms with Crippen molar-refractivity contribution in [1.82, 2.24) is 9.47 Å². The molecule has 2 aliphatic heterocycles. The first-order valence-corrected chi connectivity index (χ1v) is 5.22. The third-order valence-corrected chi connectivity index (χ3v) is 2.74. The predicted molar refractivity (Wildman–Crippen MR) is 62.7 cm³/mol. The van der Waals surface area contributed by atoms with E-state index in [9.17, 15) is 4.79 Å². The van der Waals surface area contributed by atoms with Crippen LogP contribution in [-0.4, -0.2) is 15.3 Å². The number of allylic oxidation sites excluding steroid dienone is 2. The SMILES string of the molecule is O=c1cccc2n1CN1C=C(Cl)C=CC1=N2. The predicted octanol–water partition coefficient (Wildman–Crippen LogP) is 1.80. The first-order chi connectivity index (χ1) is 7.74. The van der Waals surface area contributed by atoms with E-state index in [1.165, 1.54) is 6.07 Å². The van der Waals surface area contributed by atoms with Crippen LogP contribution in [0.4, 0.5) is 5.82 Å². The standard InChI is InChI=1S/C11H8ClN3O/c12-8-4-5-9-13-10-2-1-3-11(16)15(10)7-14(9)6-8/h1-6H,7H2. The Morgan fingerprint density at radius 1 is 1.31 bits per heavy atom. The van der Waals surface area contributed by atoms with E-state index in [-0.39, 0.29) is 5.56 Å². The number of nitrogens with zero attached hydrogens (tertiary/aromatic N) is 3. The molecule has 1 aromatic rings. The Morgan fingerprint density at radius 2 is 2.19 bits per heavy atom. The molecule has 3 heterocycles. The first kappa shape index (κ1) is 9.42. The Morgan fingerprint density at radius 3 is 3.06 bits per heavy atom. The molecule has 0 bridgehead atoms. The Kier molecular flexibility index (Phi) is 1.97. The second-order valence-corrected chi connectivity index (χ2v) is 4.02. The zero-order valence-corrected chi connectivity index (χ0v) is 9.05. The van der Waals surface area contributed by atoms with Crippen molar-refractivity contribution >= 4 is 23.3 Å². The molecule has 0 spiro atoms. The summed E-state index contributed by atoms with van der Waals surface area (Å²) in [5.41, 5.74) is -0.0561. The summed E-state index contributed by atoms with van der Waals surface area (Å²) >= 11 is 5.89. The highest BCUT2D eigenvalue weighted by Crippen LogP contribution is 2.22. The number of pyridine rings is 1. The molecule has 0 N–H and O–H groups in total. The summed E-state index contributed by atoms with van der Waals surface area (Å²) in [6.45, 7) is 0.453. The number of rotatable bonds is 0. The molecule has 16 heavy (non-hydrogen) atoms. The van der Waals surface area contributed by atoms with Gasteiger partial charge in [0.25, 0.3) is 5.56 Å². The highest BCUT2D eigenvalue weighted by molar-refractivity contribution is 6.32. The summed E-state index contributed by atoms with van der Waals surface area (Å²) in [6, 6.07) is 5.05. The molecule has 0 aromatic carbocycles. The number of aromatic nitrogens is 1. The Bertz CT molecular complexity index is 597. The summed E-state index contributed by atoms with van der Waals surface area (Å²) in [5.74, 6) is 1.48. The van der Waals surface area contributed by atoms with Gasteiger partial charge in [0.2, 0.25) is 0 Å². The van der Waals surface area contributed by atoms with Gasteiger partial charge in [-0.1, -0.05) is 17.7 Å². The molecule has 4 nitrogen and oxygen atoms in total. The minimum Gasteiger partial charge on any atom is -0.313 e. The molecule has 0 atom stereocenters. The van der Waals surface area contributed by atoms with Crippen molar-refractivity contribution in [2.75, 3.05) is 0 Å². The Balaban J connectivity index is 2.17. The molecule has 0 radical (unpaired) electrons. The molecular formula is C11H8ClN3O. The van der Waals surface area contributed by atoms with Gasteiger partial charge in [-0.15, -0.1) is 0 Å². The minimum atomic E-state index is -0.0561. The smallest absolute Gasteiger partial charge is 0.253 e. The van der Waals surface area contributed by atoms with Crippen LogP contribution in [0, 0.1) is 0 Å². The lowest BCUT2D eigenvalue weighted by molar-refractivity contribution is 0.420. The maximum absolute atomic E-state index is 11.6. The lowest BCUT2D eigenvalue weighted by Crippen LogP contribution is -2.36. The summed E-state index contributed by atoms with van der Waals surface area (Å²) < 4.78 is 1.60. The highest BCUT2D eigenvalue weighted by atomic mass is 35.5. The minimum absolute atomic E-state index is 0.0561. The zero-order chi connectivity index (χ0) is 11.1. The zero-order valence-electron chi connectivity index (χ0n) is 8.30. The van der Waals surface area contributed by atoms with Crippen LogP contribution in [0.2, 0.25) is 0 Å². The molecule has 0 fully saturated rings. The molecule has 1 aromatic heterocycles. The van der Waals surface area contributed by atoms with Gasteiger partial charge in [0.1, 0.15) is 18.3 Å². The van der Waals surface area contributed by atoms with Crippen molar-refractivity contribution in [1.29, 1.82) is 0 Å². The third-order valence-electron chi connectivity index (χ3n) is 2.51. The number of aliphatic imine (C=N–C) groups is 1. The highest BCUT2D eigenvalue weighted by Gasteiger charge is 2.18. The number of halogens is 1. The van der Waals surface area contributed by atoms with Crippen molar-refractivity contribution in [3.05, 3.63) is 51.9 Å². The van der Waals surface area contributed by atoms with Crippen molar-refractivity contribution in [2.24, 2.45) is 4.99 Å².